The molecule has 0 spiro atoms. The van der Waals surface area contributed by atoms with Crippen molar-refractivity contribution in [2.24, 2.45) is 0 Å². The number of thioether (sulfide) groups is 2. The van der Waals surface area contributed by atoms with E-state index in [0.29, 0.717) is 4.58 Å². The first-order valence-corrected chi connectivity index (χ1v) is 8.90. The molecule has 0 aliphatic carbocycles. The third-order valence-electron chi connectivity index (χ3n) is 3.25. The number of benzene rings is 1. The largest absolute Gasteiger partial charge is 0.342 e. The fourth-order valence-electron chi connectivity index (χ4n) is 2.05. The zero-order chi connectivity index (χ0) is 13.7. The van der Waals surface area contributed by atoms with Crippen molar-refractivity contribution in [1.29, 1.82) is 0 Å². The summed E-state index contributed by atoms with van der Waals surface area (Å²) in [5, 5.41) is 0. The number of carbonyl (C=O) groups excluding carboxylic acids is 1. The fourth-order valence-corrected chi connectivity index (χ4v) is 4.91. The van der Waals surface area contributed by atoms with Crippen LogP contribution < -0.4 is 0 Å². The normalized spacial score (nSPS) is 15.7. The Kier molecular flexibility index (Phi) is 5.64. The summed E-state index contributed by atoms with van der Waals surface area (Å²) in [5.41, 5.74) is 2.13. The minimum absolute atomic E-state index is 0.131. The quantitative estimate of drug-likeness (QED) is 0.818. The van der Waals surface area contributed by atoms with E-state index in [0.717, 1.165) is 24.9 Å². The predicted molar refractivity (Wildman–Crippen MR) is 86.0 cm³/mol. The number of nitrogens with zero attached hydrogens (tertiary/aromatic N) is 1. The number of hydrogen-bond acceptors (Lipinski definition) is 3. The maximum atomic E-state index is 12.2. The monoisotopic (exact) mass is 295 g/mol. The second kappa shape index (κ2) is 7.25. The van der Waals surface area contributed by atoms with Gasteiger partial charge in [-0.2, -0.15) is 0 Å². The minimum Gasteiger partial charge on any atom is -0.342 e. The summed E-state index contributed by atoms with van der Waals surface area (Å²) < 4.78 is 0.557. The lowest BCUT2D eigenvalue weighted by atomic mass is 10.1. The SMILES string of the molecule is CCCCN(C)C(=O)c1ccc(C2SCCS2)cc1. The van der Waals surface area contributed by atoms with Gasteiger partial charge in [0, 0.05) is 30.7 Å². The van der Waals surface area contributed by atoms with Crippen molar-refractivity contribution in [2.45, 2.75) is 24.3 Å². The highest BCUT2D eigenvalue weighted by molar-refractivity contribution is 8.19. The van der Waals surface area contributed by atoms with Crippen LogP contribution in [0.1, 0.15) is 40.3 Å². The summed E-state index contributed by atoms with van der Waals surface area (Å²) in [6.45, 7) is 2.98. The highest BCUT2D eigenvalue weighted by Crippen LogP contribution is 2.45. The van der Waals surface area contributed by atoms with Crippen LogP contribution in [0.25, 0.3) is 0 Å². The number of unbranched alkanes of at least 4 members (excludes halogenated alkanes) is 1. The first kappa shape index (κ1) is 14.8. The molecule has 1 aliphatic heterocycles. The summed E-state index contributed by atoms with van der Waals surface area (Å²) in [7, 11) is 1.88. The predicted octanol–water partition coefficient (Wildman–Crippen LogP) is 4.04. The maximum Gasteiger partial charge on any atom is 0.253 e. The lowest BCUT2D eigenvalue weighted by molar-refractivity contribution is 0.0793. The molecule has 0 atom stereocenters. The average Bonchev–Trinajstić information content (AvgIpc) is 2.98. The molecule has 1 fully saturated rings. The van der Waals surface area contributed by atoms with Gasteiger partial charge >= 0.3 is 0 Å². The molecule has 2 nitrogen and oxygen atoms in total. The molecule has 1 heterocycles. The van der Waals surface area contributed by atoms with E-state index < -0.39 is 0 Å². The number of amides is 1. The number of carbonyl (C=O) groups is 1. The van der Waals surface area contributed by atoms with E-state index >= 15 is 0 Å². The van der Waals surface area contributed by atoms with Crippen LogP contribution in [0.2, 0.25) is 0 Å². The number of hydrogen-bond donors (Lipinski definition) is 0. The molecule has 1 amide bonds. The Morgan fingerprint density at radius 1 is 1.26 bits per heavy atom. The molecule has 0 radical (unpaired) electrons. The van der Waals surface area contributed by atoms with Gasteiger partial charge in [0.05, 0.1) is 4.58 Å². The van der Waals surface area contributed by atoms with Gasteiger partial charge in [-0.25, -0.2) is 0 Å². The van der Waals surface area contributed by atoms with Crippen molar-refractivity contribution < 1.29 is 4.79 Å². The third-order valence-corrected chi connectivity index (χ3v) is 6.35. The molecule has 0 saturated carbocycles. The lowest BCUT2D eigenvalue weighted by Crippen LogP contribution is -2.27. The molecule has 0 bridgehead atoms. The molecule has 0 N–H and O–H groups in total. The van der Waals surface area contributed by atoms with E-state index in [1.54, 1.807) is 0 Å². The van der Waals surface area contributed by atoms with E-state index in [1.165, 1.54) is 17.1 Å². The third kappa shape index (κ3) is 3.93. The van der Waals surface area contributed by atoms with Crippen molar-refractivity contribution >= 4 is 29.4 Å². The van der Waals surface area contributed by atoms with Crippen molar-refractivity contribution in [2.75, 3.05) is 25.1 Å². The zero-order valence-electron chi connectivity index (χ0n) is 11.6. The van der Waals surface area contributed by atoms with Gasteiger partial charge in [0.2, 0.25) is 0 Å². The molecule has 4 heteroatoms. The second-order valence-corrected chi connectivity index (χ2v) is 7.50. The van der Waals surface area contributed by atoms with Crippen molar-refractivity contribution in [1.82, 2.24) is 4.90 Å². The summed E-state index contributed by atoms with van der Waals surface area (Å²) in [6.07, 6.45) is 2.18. The Balaban J connectivity index is 1.99. The summed E-state index contributed by atoms with van der Waals surface area (Å²) in [4.78, 5) is 14.0. The van der Waals surface area contributed by atoms with E-state index in [4.69, 9.17) is 0 Å². The Morgan fingerprint density at radius 3 is 2.47 bits per heavy atom. The summed E-state index contributed by atoms with van der Waals surface area (Å²) in [6, 6.07) is 8.16. The van der Waals surface area contributed by atoms with E-state index in [2.05, 4.69) is 19.1 Å². The van der Waals surface area contributed by atoms with Gasteiger partial charge in [0.1, 0.15) is 0 Å². The molecule has 104 valence electrons. The molecule has 1 aliphatic rings. The van der Waals surface area contributed by atoms with Crippen LogP contribution >= 0.6 is 23.5 Å². The highest BCUT2D eigenvalue weighted by atomic mass is 32.2. The van der Waals surface area contributed by atoms with Crippen LogP contribution in [0.15, 0.2) is 24.3 Å². The molecule has 1 saturated heterocycles. The van der Waals surface area contributed by atoms with Gasteiger partial charge in [0.15, 0.2) is 0 Å². The smallest absolute Gasteiger partial charge is 0.253 e. The van der Waals surface area contributed by atoms with Crippen LogP contribution in [0.3, 0.4) is 0 Å². The molecule has 2 rings (SSSR count). The molecule has 0 unspecified atom stereocenters. The molecule has 1 aromatic carbocycles. The van der Waals surface area contributed by atoms with Crippen LogP contribution in [-0.2, 0) is 0 Å². The van der Waals surface area contributed by atoms with Crippen molar-refractivity contribution in [3.63, 3.8) is 0 Å². The standard InChI is InChI=1S/C15H21NOS2/c1-3-4-9-16(2)14(17)12-5-7-13(8-6-12)15-18-10-11-19-15/h5-8,15H,3-4,9-11H2,1-2H3. The fraction of sp³-hybridized carbons (Fsp3) is 0.533. The van der Waals surface area contributed by atoms with Crippen LogP contribution in [0, 0.1) is 0 Å². The zero-order valence-corrected chi connectivity index (χ0v) is 13.2. The molecular formula is C15H21NOS2. The Hall–Kier alpha value is -0.610. The summed E-state index contributed by atoms with van der Waals surface area (Å²) in [5.74, 6) is 2.60. The van der Waals surface area contributed by atoms with Gasteiger partial charge in [-0.1, -0.05) is 25.5 Å². The molecule has 0 aromatic heterocycles. The van der Waals surface area contributed by atoms with E-state index in [-0.39, 0.29) is 5.91 Å². The molecule has 19 heavy (non-hydrogen) atoms. The minimum atomic E-state index is 0.131. The van der Waals surface area contributed by atoms with Crippen LogP contribution in [-0.4, -0.2) is 35.9 Å². The number of rotatable bonds is 5. The van der Waals surface area contributed by atoms with E-state index in [1.807, 2.05) is 47.6 Å². The van der Waals surface area contributed by atoms with Gasteiger partial charge in [0.25, 0.3) is 5.91 Å². The second-order valence-electron chi connectivity index (χ2n) is 4.78. The topological polar surface area (TPSA) is 20.3 Å². The van der Waals surface area contributed by atoms with Crippen molar-refractivity contribution in [3.05, 3.63) is 35.4 Å². The van der Waals surface area contributed by atoms with Gasteiger partial charge in [-0.3, -0.25) is 4.79 Å². The summed E-state index contributed by atoms with van der Waals surface area (Å²) >= 11 is 3.99. The Morgan fingerprint density at radius 2 is 1.89 bits per heavy atom. The Labute approximate surface area is 124 Å². The molecular weight excluding hydrogens is 274 g/mol. The van der Waals surface area contributed by atoms with Crippen molar-refractivity contribution in [3.8, 4) is 0 Å². The van der Waals surface area contributed by atoms with E-state index in [9.17, 15) is 4.79 Å². The van der Waals surface area contributed by atoms with Crippen LogP contribution in [0.5, 0.6) is 0 Å². The van der Waals surface area contributed by atoms with Gasteiger partial charge < -0.3 is 4.90 Å². The highest BCUT2D eigenvalue weighted by Gasteiger charge is 2.18. The van der Waals surface area contributed by atoms with Gasteiger partial charge in [-0.05, 0) is 24.1 Å². The van der Waals surface area contributed by atoms with Gasteiger partial charge in [-0.15, -0.1) is 23.5 Å². The first-order valence-electron chi connectivity index (χ1n) is 6.81. The lowest BCUT2D eigenvalue weighted by Gasteiger charge is -2.17. The van der Waals surface area contributed by atoms with Crippen LogP contribution in [0.4, 0.5) is 0 Å². The first-order chi connectivity index (χ1) is 9.22. The average molecular weight is 295 g/mol. The Bertz CT molecular complexity index is 413. The molecule has 1 aromatic rings. The maximum absolute atomic E-state index is 12.2.